The number of carboxylic acids is 1. The SMILES string of the molecule is CN(C)Cc1cc(C#Cc2ccc(OCc3c(-c4c(Cl)cccc4Cl)noc3C3CC3)cc2Cl)cc(C(=O)O)c1. The van der Waals surface area contributed by atoms with E-state index in [1.165, 1.54) is 0 Å². The normalized spacial score (nSPS) is 12.8. The van der Waals surface area contributed by atoms with Crippen molar-refractivity contribution in [1.82, 2.24) is 10.1 Å². The third kappa shape index (κ3) is 6.46. The Labute approximate surface area is 247 Å². The topological polar surface area (TPSA) is 75.8 Å². The van der Waals surface area contributed by atoms with Gasteiger partial charge in [-0.15, -0.1) is 0 Å². The van der Waals surface area contributed by atoms with Crippen molar-refractivity contribution in [3.8, 4) is 28.8 Å². The Bertz CT molecular complexity index is 1630. The van der Waals surface area contributed by atoms with Crippen molar-refractivity contribution >= 4 is 40.8 Å². The van der Waals surface area contributed by atoms with Gasteiger partial charge in [-0.1, -0.05) is 57.9 Å². The Kier molecular flexibility index (Phi) is 8.39. The third-order valence-electron chi connectivity index (χ3n) is 6.37. The molecule has 204 valence electrons. The zero-order chi connectivity index (χ0) is 28.4. The maximum absolute atomic E-state index is 11.6. The summed E-state index contributed by atoms with van der Waals surface area (Å²) >= 11 is 19.5. The minimum Gasteiger partial charge on any atom is -0.489 e. The van der Waals surface area contributed by atoms with Crippen LogP contribution in [-0.4, -0.2) is 35.2 Å². The van der Waals surface area contributed by atoms with E-state index in [1.807, 2.05) is 25.1 Å². The fourth-order valence-corrected chi connectivity index (χ4v) is 5.17. The third-order valence-corrected chi connectivity index (χ3v) is 7.31. The highest BCUT2D eigenvalue weighted by Gasteiger charge is 2.33. The van der Waals surface area contributed by atoms with Crippen molar-refractivity contribution in [3.05, 3.63) is 103 Å². The zero-order valence-corrected chi connectivity index (χ0v) is 24.1. The molecule has 1 N–H and O–H groups in total. The second kappa shape index (κ2) is 12.0. The van der Waals surface area contributed by atoms with Crippen LogP contribution in [0, 0.1) is 11.8 Å². The molecule has 4 aromatic rings. The number of hydrogen-bond donors (Lipinski definition) is 1. The monoisotopic (exact) mass is 594 g/mol. The number of carboxylic acid groups (broad SMARTS) is 1. The Balaban J connectivity index is 1.37. The van der Waals surface area contributed by atoms with Crippen molar-refractivity contribution in [2.75, 3.05) is 14.1 Å². The molecule has 9 heteroatoms. The van der Waals surface area contributed by atoms with Crippen molar-refractivity contribution in [3.63, 3.8) is 0 Å². The van der Waals surface area contributed by atoms with E-state index in [-0.39, 0.29) is 12.2 Å². The molecule has 0 bridgehead atoms. The second-order valence-electron chi connectivity index (χ2n) is 9.89. The highest BCUT2D eigenvalue weighted by atomic mass is 35.5. The van der Waals surface area contributed by atoms with E-state index in [0.29, 0.717) is 55.7 Å². The minimum atomic E-state index is -0.999. The van der Waals surface area contributed by atoms with Crippen LogP contribution in [0.4, 0.5) is 0 Å². The Morgan fingerprint density at radius 3 is 2.45 bits per heavy atom. The van der Waals surface area contributed by atoms with E-state index in [0.717, 1.165) is 29.7 Å². The van der Waals surface area contributed by atoms with E-state index >= 15 is 0 Å². The quantitative estimate of drug-likeness (QED) is 0.209. The van der Waals surface area contributed by atoms with Crippen molar-refractivity contribution in [1.29, 1.82) is 0 Å². The van der Waals surface area contributed by atoms with Crippen molar-refractivity contribution in [2.45, 2.75) is 31.9 Å². The maximum atomic E-state index is 11.6. The zero-order valence-electron chi connectivity index (χ0n) is 21.8. The van der Waals surface area contributed by atoms with E-state index in [9.17, 15) is 9.90 Å². The number of benzene rings is 3. The number of nitrogens with zero attached hydrogens (tertiary/aromatic N) is 2. The number of rotatable bonds is 8. The molecule has 0 saturated heterocycles. The molecule has 0 amide bonds. The first kappa shape index (κ1) is 28.1. The summed E-state index contributed by atoms with van der Waals surface area (Å²) in [6, 6.07) is 15.7. The lowest BCUT2D eigenvalue weighted by Gasteiger charge is -2.11. The molecule has 3 aromatic carbocycles. The van der Waals surface area contributed by atoms with Gasteiger partial charge in [0.15, 0.2) is 0 Å². The van der Waals surface area contributed by atoms with Gasteiger partial charge < -0.3 is 19.3 Å². The summed E-state index contributed by atoms with van der Waals surface area (Å²) in [7, 11) is 3.84. The van der Waals surface area contributed by atoms with Gasteiger partial charge >= 0.3 is 5.97 Å². The highest BCUT2D eigenvalue weighted by molar-refractivity contribution is 6.39. The van der Waals surface area contributed by atoms with Gasteiger partial charge in [0.1, 0.15) is 23.8 Å². The first-order valence-corrected chi connectivity index (χ1v) is 13.7. The van der Waals surface area contributed by atoms with Crippen LogP contribution < -0.4 is 4.74 Å². The standard InChI is InChI=1S/C31H25Cl3N2O4/c1-36(2)16-19-12-18(13-22(14-19)31(37)38)6-7-20-10-11-23(15-27(20)34)39-17-24-29(35-40-30(24)21-8-9-21)28-25(32)4-3-5-26(28)33/h3-5,10-15,21H,8-9,16-17H2,1-2H3,(H,37,38). The molecule has 1 heterocycles. The van der Waals surface area contributed by atoms with Crippen LogP contribution in [0.5, 0.6) is 5.75 Å². The van der Waals surface area contributed by atoms with Gasteiger partial charge in [-0.3, -0.25) is 0 Å². The van der Waals surface area contributed by atoms with E-state index < -0.39 is 5.97 Å². The van der Waals surface area contributed by atoms with E-state index in [4.69, 9.17) is 44.1 Å². The van der Waals surface area contributed by atoms with Crippen LogP contribution in [0.3, 0.4) is 0 Å². The minimum absolute atomic E-state index is 0.190. The predicted octanol–water partition coefficient (Wildman–Crippen LogP) is 7.92. The molecular formula is C31H25Cl3N2O4. The first-order chi connectivity index (χ1) is 19.2. The summed E-state index contributed by atoms with van der Waals surface area (Å²) < 4.78 is 11.8. The summed E-state index contributed by atoms with van der Waals surface area (Å²) in [5, 5.41) is 15.2. The van der Waals surface area contributed by atoms with Gasteiger partial charge in [0, 0.05) is 35.2 Å². The number of halogens is 3. The fraction of sp³-hybridized carbons (Fsp3) is 0.226. The van der Waals surface area contributed by atoms with Crippen LogP contribution in [0.15, 0.2) is 59.1 Å². The number of ether oxygens (including phenoxy) is 1. The van der Waals surface area contributed by atoms with Gasteiger partial charge in [-0.05, 0) is 75.0 Å². The number of hydrogen-bond acceptors (Lipinski definition) is 5. The Hall–Kier alpha value is -3.47. The number of aromatic carboxylic acids is 1. The predicted molar refractivity (Wildman–Crippen MR) is 156 cm³/mol. The Morgan fingerprint density at radius 1 is 1.05 bits per heavy atom. The van der Waals surface area contributed by atoms with Crippen molar-refractivity contribution < 1.29 is 19.2 Å². The van der Waals surface area contributed by atoms with Crippen LogP contribution >= 0.6 is 34.8 Å². The highest BCUT2D eigenvalue weighted by Crippen LogP contribution is 2.46. The average Bonchev–Trinajstić information content (AvgIpc) is 3.66. The van der Waals surface area contributed by atoms with Gasteiger partial charge in [0.2, 0.25) is 0 Å². The maximum Gasteiger partial charge on any atom is 0.335 e. The average molecular weight is 596 g/mol. The van der Waals surface area contributed by atoms with Crippen molar-refractivity contribution in [2.24, 2.45) is 0 Å². The largest absolute Gasteiger partial charge is 0.489 e. The molecule has 0 unspecified atom stereocenters. The molecule has 1 fully saturated rings. The molecular weight excluding hydrogens is 571 g/mol. The molecule has 0 radical (unpaired) electrons. The molecule has 0 spiro atoms. The molecule has 1 aliphatic carbocycles. The van der Waals surface area contributed by atoms with E-state index in [1.54, 1.807) is 48.5 Å². The van der Waals surface area contributed by atoms with Crippen LogP contribution in [-0.2, 0) is 13.2 Å². The fourth-order valence-electron chi connectivity index (χ4n) is 4.37. The van der Waals surface area contributed by atoms with Crippen LogP contribution in [0.2, 0.25) is 15.1 Å². The summed E-state index contributed by atoms with van der Waals surface area (Å²) in [4.78, 5) is 13.5. The van der Waals surface area contributed by atoms with Gasteiger partial charge in [-0.2, -0.15) is 0 Å². The molecule has 0 atom stereocenters. The van der Waals surface area contributed by atoms with E-state index in [2.05, 4.69) is 17.0 Å². The summed E-state index contributed by atoms with van der Waals surface area (Å²) in [5.74, 6) is 6.74. The molecule has 5 rings (SSSR count). The molecule has 0 aliphatic heterocycles. The molecule has 6 nitrogen and oxygen atoms in total. The number of carbonyl (C=O) groups is 1. The molecule has 1 aliphatic rings. The second-order valence-corrected chi connectivity index (χ2v) is 11.1. The Morgan fingerprint density at radius 2 is 1.80 bits per heavy atom. The molecule has 40 heavy (non-hydrogen) atoms. The van der Waals surface area contributed by atoms with Gasteiger partial charge in [0.05, 0.1) is 26.2 Å². The summed E-state index contributed by atoms with van der Waals surface area (Å²) in [6.07, 6.45) is 2.06. The lowest BCUT2D eigenvalue weighted by Crippen LogP contribution is -2.11. The summed E-state index contributed by atoms with van der Waals surface area (Å²) in [5.41, 5.74) is 4.24. The smallest absolute Gasteiger partial charge is 0.335 e. The first-order valence-electron chi connectivity index (χ1n) is 12.6. The number of aromatic nitrogens is 1. The lowest BCUT2D eigenvalue weighted by molar-refractivity contribution is 0.0696. The van der Waals surface area contributed by atoms with Crippen LogP contribution in [0.1, 0.15) is 57.1 Å². The molecule has 1 saturated carbocycles. The van der Waals surface area contributed by atoms with Gasteiger partial charge in [0.25, 0.3) is 0 Å². The van der Waals surface area contributed by atoms with Crippen LogP contribution in [0.25, 0.3) is 11.3 Å². The lowest BCUT2D eigenvalue weighted by atomic mass is 10.0. The summed E-state index contributed by atoms with van der Waals surface area (Å²) in [6.45, 7) is 0.797. The van der Waals surface area contributed by atoms with Gasteiger partial charge in [-0.25, -0.2) is 4.79 Å². The molecule has 1 aromatic heterocycles.